The molecular weight excluding hydrogens is 136 g/mol. The molecule has 0 bridgehead atoms. The SMILES string of the molecule is CC/C(C)=C/CCC(O)CC. The number of allylic oxidation sites excluding steroid dienone is 2. The van der Waals surface area contributed by atoms with Crippen molar-refractivity contribution in [2.75, 3.05) is 0 Å². The Morgan fingerprint density at radius 2 is 2.09 bits per heavy atom. The van der Waals surface area contributed by atoms with E-state index < -0.39 is 0 Å². The van der Waals surface area contributed by atoms with E-state index in [-0.39, 0.29) is 6.10 Å². The lowest BCUT2D eigenvalue weighted by molar-refractivity contribution is 0.161. The van der Waals surface area contributed by atoms with Crippen molar-refractivity contribution in [1.82, 2.24) is 0 Å². The zero-order valence-electron chi connectivity index (χ0n) is 7.93. The maximum Gasteiger partial charge on any atom is 0.0540 e. The van der Waals surface area contributed by atoms with Crippen LogP contribution in [0.25, 0.3) is 0 Å². The molecule has 0 aromatic carbocycles. The second-order valence-electron chi connectivity index (χ2n) is 3.04. The van der Waals surface area contributed by atoms with Crippen LogP contribution in [0.15, 0.2) is 11.6 Å². The predicted octanol–water partition coefficient (Wildman–Crippen LogP) is 2.89. The zero-order valence-corrected chi connectivity index (χ0v) is 7.93. The van der Waals surface area contributed by atoms with Gasteiger partial charge in [0.05, 0.1) is 6.10 Å². The van der Waals surface area contributed by atoms with Crippen molar-refractivity contribution in [2.24, 2.45) is 0 Å². The van der Waals surface area contributed by atoms with E-state index in [1.165, 1.54) is 5.57 Å². The molecule has 0 saturated carbocycles. The van der Waals surface area contributed by atoms with Crippen molar-refractivity contribution in [3.63, 3.8) is 0 Å². The average Bonchev–Trinajstić information content (AvgIpc) is 2.04. The minimum absolute atomic E-state index is 0.101. The highest BCUT2D eigenvalue weighted by molar-refractivity contribution is 4.96. The third-order valence-corrected chi connectivity index (χ3v) is 2.02. The molecule has 0 aromatic rings. The van der Waals surface area contributed by atoms with Gasteiger partial charge in [-0.1, -0.05) is 25.5 Å². The second kappa shape index (κ2) is 6.41. The largest absolute Gasteiger partial charge is 0.393 e. The fourth-order valence-corrected chi connectivity index (χ4v) is 0.871. The summed E-state index contributed by atoms with van der Waals surface area (Å²) in [5.74, 6) is 0. The molecule has 0 aliphatic heterocycles. The van der Waals surface area contributed by atoms with Gasteiger partial charge in [0, 0.05) is 0 Å². The number of rotatable bonds is 5. The maximum atomic E-state index is 9.21. The molecule has 0 aliphatic carbocycles. The minimum atomic E-state index is -0.101. The summed E-state index contributed by atoms with van der Waals surface area (Å²) in [4.78, 5) is 0. The molecule has 0 amide bonds. The predicted molar refractivity (Wildman–Crippen MR) is 49.6 cm³/mol. The van der Waals surface area contributed by atoms with Gasteiger partial charge in [0.25, 0.3) is 0 Å². The van der Waals surface area contributed by atoms with Crippen LogP contribution in [0.1, 0.15) is 46.5 Å². The van der Waals surface area contributed by atoms with E-state index in [4.69, 9.17) is 0 Å². The van der Waals surface area contributed by atoms with Gasteiger partial charge in [0.15, 0.2) is 0 Å². The van der Waals surface area contributed by atoms with Crippen molar-refractivity contribution < 1.29 is 5.11 Å². The Morgan fingerprint density at radius 1 is 1.45 bits per heavy atom. The van der Waals surface area contributed by atoms with E-state index in [0.717, 1.165) is 25.7 Å². The molecule has 0 heterocycles. The molecule has 0 saturated heterocycles. The van der Waals surface area contributed by atoms with Crippen LogP contribution >= 0.6 is 0 Å². The van der Waals surface area contributed by atoms with Crippen LogP contribution in [0.4, 0.5) is 0 Å². The van der Waals surface area contributed by atoms with Crippen molar-refractivity contribution in [1.29, 1.82) is 0 Å². The minimum Gasteiger partial charge on any atom is -0.393 e. The summed E-state index contributed by atoms with van der Waals surface area (Å²) in [6.45, 7) is 6.31. The average molecular weight is 156 g/mol. The summed E-state index contributed by atoms with van der Waals surface area (Å²) in [7, 11) is 0. The van der Waals surface area contributed by atoms with Gasteiger partial charge in [0.1, 0.15) is 0 Å². The quantitative estimate of drug-likeness (QED) is 0.607. The molecule has 1 N–H and O–H groups in total. The van der Waals surface area contributed by atoms with Crippen LogP contribution in [0, 0.1) is 0 Å². The molecule has 0 spiro atoms. The highest BCUT2D eigenvalue weighted by Gasteiger charge is 1.97. The van der Waals surface area contributed by atoms with Crippen LogP contribution in [0.3, 0.4) is 0 Å². The highest BCUT2D eigenvalue weighted by Crippen LogP contribution is 2.05. The summed E-state index contributed by atoms with van der Waals surface area (Å²) in [5, 5.41) is 9.21. The lowest BCUT2D eigenvalue weighted by Crippen LogP contribution is -2.02. The molecule has 66 valence electrons. The lowest BCUT2D eigenvalue weighted by Gasteiger charge is -2.04. The Morgan fingerprint density at radius 3 is 2.55 bits per heavy atom. The summed E-state index contributed by atoms with van der Waals surface area (Å²) < 4.78 is 0. The van der Waals surface area contributed by atoms with E-state index in [2.05, 4.69) is 19.9 Å². The van der Waals surface area contributed by atoms with Gasteiger partial charge in [-0.25, -0.2) is 0 Å². The number of aliphatic hydroxyl groups excluding tert-OH is 1. The van der Waals surface area contributed by atoms with E-state index in [9.17, 15) is 5.11 Å². The second-order valence-corrected chi connectivity index (χ2v) is 3.04. The van der Waals surface area contributed by atoms with Crippen LogP contribution in [-0.4, -0.2) is 11.2 Å². The molecule has 11 heavy (non-hydrogen) atoms. The van der Waals surface area contributed by atoms with E-state index >= 15 is 0 Å². The van der Waals surface area contributed by atoms with Gasteiger partial charge in [-0.3, -0.25) is 0 Å². The zero-order chi connectivity index (χ0) is 8.69. The van der Waals surface area contributed by atoms with Gasteiger partial charge in [-0.05, 0) is 32.6 Å². The van der Waals surface area contributed by atoms with Gasteiger partial charge < -0.3 is 5.11 Å². The van der Waals surface area contributed by atoms with Crippen molar-refractivity contribution in [3.8, 4) is 0 Å². The molecular formula is C10H20O. The summed E-state index contributed by atoms with van der Waals surface area (Å²) in [6.07, 6.45) is 6.05. The molecule has 0 fully saturated rings. The van der Waals surface area contributed by atoms with E-state index in [1.807, 2.05) is 6.92 Å². The van der Waals surface area contributed by atoms with Gasteiger partial charge in [0.2, 0.25) is 0 Å². The molecule has 1 unspecified atom stereocenters. The highest BCUT2D eigenvalue weighted by atomic mass is 16.3. The Hall–Kier alpha value is -0.300. The molecule has 1 nitrogen and oxygen atoms in total. The third kappa shape index (κ3) is 6.11. The van der Waals surface area contributed by atoms with Gasteiger partial charge >= 0.3 is 0 Å². The van der Waals surface area contributed by atoms with Crippen LogP contribution in [0.2, 0.25) is 0 Å². The van der Waals surface area contributed by atoms with Gasteiger partial charge in [-0.2, -0.15) is 0 Å². The molecule has 0 aromatic heterocycles. The third-order valence-electron chi connectivity index (χ3n) is 2.02. The summed E-state index contributed by atoms with van der Waals surface area (Å²) in [5.41, 5.74) is 1.42. The lowest BCUT2D eigenvalue weighted by atomic mass is 10.1. The fraction of sp³-hybridized carbons (Fsp3) is 0.800. The Balaban J connectivity index is 3.39. The summed E-state index contributed by atoms with van der Waals surface area (Å²) in [6, 6.07) is 0. The van der Waals surface area contributed by atoms with Crippen LogP contribution < -0.4 is 0 Å². The van der Waals surface area contributed by atoms with E-state index in [0.29, 0.717) is 0 Å². The van der Waals surface area contributed by atoms with Crippen LogP contribution in [-0.2, 0) is 0 Å². The number of aliphatic hydroxyl groups is 1. The van der Waals surface area contributed by atoms with Crippen molar-refractivity contribution in [3.05, 3.63) is 11.6 Å². The monoisotopic (exact) mass is 156 g/mol. The first-order valence-corrected chi connectivity index (χ1v) is 4.54. The Labute approximate surface area is 70.1 Å². The first-order chi connectivity index (χ1) is 5.20. The Bertz CT molecular complexity index is 116. The number of hydrogen-bond acceptors (Lipinski definition) is 1. The first kappa shape index (κ1) is 10.7. The fourth-order valence-electron chi connectivity index (χ4n) is 0.871. The summed E-state index contributed by atoms with van der Waals surface area (Å²) >= 11 is 0. The standard InChI is InChI=1S/C10H20O/c1-4-9(3)7-6-8-10(11)5-2/h7,10-11H,4-6,8H2,1-3H3/b9-7+. The smallest absolute Gasteiger partial charge is 0.0540 e. The van der Waals surface area contributed by atoms with Gasteiger partial charge in [-0.15, -0.1) is 0 Å². The maximum absolute atomic E-state index is 9.21. The molecule has 0 aliphatic rings. The normalized spacial score (nSPS) is 15.1. The van der Waals surface area contributed by atoms with Crippen molar-refractivity contribution >= 4 is 0 Å². The van der Waals surface area contributed by atoms with Crippen molar-refractivity contribution in [2.45, 2.75) is 52.6 Å². The Kier molecular flexibility index (Phi) is 6.24. The van der Waals surface area contributed by atoms with E-state index in [1.54, 1.807) is 0 Å². The molecule has 1 heteroatoms. The molecule has 1 atom stereocenters. The van der Waals surface area contributed by atoms with Crippen LogP contribution in [0.5, 0.6) is 0 Å². The topological polar surface area (TPSA) is 20.2 Å². The molecule has 0 rings (SSSR count). The number of hydrogen-bond donors (Lipinski definition) is 1. The first-order valence-electron chi connectivity index (χ1n) is 4.54. The molecule has 0 radical (unpaired) electrons.